The average molecular weight is 376 g/mol. The smallest absolute Gasteiger partial charge is 0.236 e. The van der Waals surface area contributed by atoms with Crippen LogP contribution in [0, 0.1) is 0 Å². The molecule has 1 aliphatic carbocycles. The number of aromatic nitrogens is 1. The van der Waals surface area contributed by atoms with E-state index in [-0.39, 0.29) is 5.91 Å². The van der Waals surface area contributed by atoms with Crippen molar-refractivity contribution in [2.45, 2.75) is 43.9 Å². The second-order valence-electron chi connectivity index (χ2n) is 6.00. The van der Waals surface area contributed by atoms with E-state index in [0.717, 1.165) is 10.6 Å². The lowest BCUT2D eigenvalue weighted by Crippen LogP contribution is -2.34. The molecule has 0 saturated heterocycles. The molecule has 3 rings (SSSR count). The van der Waals surface area contributed by atoms with Gasteiger partial charge >= 0.3 is 0 Å². The van der Waals surface area contributed by atoms with Gasteiger partial charge in [-0.05, 0) is 12.8 Å². The highest BCUT2D eigenvalue weighted by Gasteiger charge is 2.26. The van der Waals surface area contributed by atoms with Crippen molar-refractivity contribution >= 4 is 44.2 Å². The first-order valence-electron chi connectivity index (χ1n) is 7.77. The molecule has 1 N–H and O–H groups in total. The van der Waals surface area contributed by atoms with Crippen molar-refractivity contribution in [3.05, 3.63) is 10.6 Å². The van der Waals surface area contributed by atoms with Crippen LogP contribution in [0.15, 0.2) is 0 Å². The molecule has 128 valence electrons. The molecule has 0 bridgehead atoms. The van der Waals surface area contributed by atoms with Gasteiger partial charge in [-0.25, -0.2) is 13.4 Å². The lowest BCUT2D eigenvalue weighted by atomic mass is 10.2. The second kappa shape index (κ2) is 7.08. The first-order valence-corrected chi connectivity index (χ1v) is 11.5. The number of nitrogens with one attached hydrogen (secondary N) is 1. The number of carbonyl (C=O) groups excluding carboxylic acids is 1. The van der Waals surface area contributed by atoms with E-state index in [9.17, 15) is 13.2 Å². The first kappa shape index (κ1) is 17.2. The standard InChI is InChI=1S/C14H21N3O3S3/c1-23(19,20)17-7-6-11-12(8-17)22-14(15-11)16-13(18)9-21-10-4-2-3-5-10/h10H,2-9H2,1H3,(H,15,16,18). The molecule has 0 spiro atoms. The molecule has 2 heterocycles. The van der Waals surface area contributed by atoms with Crippen LogP contribution < -0.4 is 5.32 Å². The number of thiazole rings is 1. The zero-order valence-electron chi connectivity index (χ0n) is 13.1. The second-order valence-corrected chi connectivity index (χ2v) is 10.4. The summed E-state index contributed by atoms with van der Waals surface area (Å²) in [7, 11) is -3.18. The largest absolute Gasteiger partial charge is 0.301 e. The first-order chi connectivity index (χ1) is 10.9. The van der Waals surface area contributed by atoms with E-state index < -0.39 is 10.0 Å². The minimum Gasteiger partial charge on any atom is -0.301 e. The van der Waals surface area contributed by atoms with Crippen molar-refractivity contribution in [3.63, 3.8) is 0 Å². The molecule has 1 aliphatic heterocycles. The summed E-state index contributed by atoms with van der Waals surface area (Å²) in [5, 5.41) is 4.06. The molecule has 0 radical (unpaired) electrons. The quantitative estimate of drug-likeness (QED) is 0.852. The number of carbonyl (C=O) groups is 1. The number of amides is 1. The van der Waals surface area contributed by atoms with Gasteiger partial charge in [-0.3, -0.25) is 4.79 Å². The summed E-state index contributed by atoms with van der Waals surface area (Å²) in [5.74, 6) is 0.442. The fourth-order valence-corrected chi connectivity index (χ4v) is 5.95. The summed E-state index contributed by atoms with van der Waals surface area (Å²) in [4.78, 5) is 17.4. The topological polar surface area (TPSA) is 79.4 Å². The van der Waals surface area contributed by atoms with Crippen LogP contribution in [0.3, 0.4) is 0 Å². The molecule has 1 fully saturated rings. The van der Waals surface area contributed by atoms with Crippen molar-refractivity contribution in [2.24, 2.45) is 0 Å². The summed E-state index contributed by atoms with van der Waals surface area (Å²) in [5.41, 5.74) is 0.911. The number of hydrogen-bond acceptors (Lipinski definition) is 6. The monoisotopic (exact) mass is 375 g/mol. The summed E-state index contributed by atoms with van der Waals surface area (Å²) in [6, 6.07) is 0. The molecule has 2 aliphatic rings. The SMILES string of the molecule is CS(=O)(=O)N1CCc2nc(NC(=O)CSC3CCCC3)sc2C1. The van der Waals surface area contributed by atoms with Gasteiger partial charge in [0.15, 0.2) is 5.13 Å². The van der Waals surface area contributed by atoms with Gasteiger partial charge in [0.25, 0.3) is 0 Å². The van der Waals surface area contributed by atoms with Gasteiger partial charge < -0.3 is 5.32 Å². The molecule has 6 nitrogen and oxygen atoms in total. The van der Waals surface area contributed by atoms with Crippen LogP contribution in [0.5, 0.6) is 0 Å². The fourth-order valence-electron chi connectivity index (χ4n) is 2.91. The number of nitrogens with zero attached hydrogens (tertiary/aromatic N) is 2. The zero-order valence-corrected chi connectivity index (χ0v) is 15.5. The van der Waals surface area contributed by atoms with Gasteiger partial charge in [0.2, 0.25) is 15.9 Å². The Kier molecular flexibility index (Phi) is 5.29. The van der Waals surface area contributed by atoms with Gasteiger partial charge in [0, 0.05) is 29.6 Å². The van der Waals surface area contributed by atoms with Crippen LogP contribution >= 0.6 is 23.1 Å². The highest BCUT2D eigenvalue weighted by atomic mass is 32.2. The third-order valence-electron chi connectivity index (χ3n) is 4.16. The van der Waals surface area contributed by atoms with Gasteiger partial charge in [0.05, 0.1) is 17.7 Å². The summed E-state index contributed by atoms with van der Waals surface area (Å²) in [6.45, 7) is 0.818. The van der Waals surface area contributed by atoms with E-state index >= 15 is 0 Å². The molecule has 1 amide bonds. The minimum atomic E-state index is -3.18. The maximum atomic E-state index is 12.0. The van der Waals surface area contributed by atoms with Crippen molar-refractivity contribution in [1.82, 2.24) is 9.29 Å². The van der Waals surface area contributed by atoms with Crippen LogP contribution in [-0.4, -0.2) is 47.4 Å². The van der Waals surface area contributed by atoms with Crippen LogP contribution in [-0.2, 0) is 27.8 Å². The number of hydrogen-bond donors (Lipinski definition) is 1. The average Bonchev–Trinajstić information content (AvgIpc) is 3.12. The molecule has 0 unspecified atom stereocenters. The van der Waals surface area contributed by atoms with Crippen molar-refractivity contribution in [2.75, 3.05) is 23.9 Å². The van der Waals surface area contributed by atoms with Gasteiger partial charge in [-0.1, -0.05) is 12.8 Å². The molecule has 1 saturated carbocycles. The molecule has 0 aromatic carbocycles. The van der Waals surface area contributed by atoms with E-state index in [1.165, 1.54) is 47.6 Å². The molecule has 0 atom stereocenters. The fraction of sp³-hybridized carbons (Fsp3) is 0.714. The van der Waals surface area contributed by atoms with Crippen LogP contribution in [0.4, 0.5) is 5.13 Å². The van der Waals surface area contributed by atoms with E-state index in [2.05, 4.69) is 10.3 Å². The van der Waals surface area contributed by atoms with Crippen molar-refractivity contribution in [1.29, 1.82) is 0 Å². The Hall–Kier alpha value is -0.640. The maximum Gasteiger partial charge on any atom is 0.236 e. The molecule has 1 aromatic heterocycles. The van der Waals surface area contributed by atoms with Gasteiger partial charge in [0.1, 0.15) is 0 Å². The Morgan fingerprint density at radius 1 is 1.43 bits per heavy atom. The van der Waals surface area contributed by atoms with E-state index in [1.54, 1.807) is 11.8 Å². The molecule has 1 aromatic rings. The Morgan fingerprint density at radius 2 is 2.17 bits per heavy atom. The third-order valence-corrected chi connectivity index (χ3v) is 7.78. The predicted octanol–water partition coefficient (Wildman–Crippen LogP) is 2.08. The van der Waals surface area contributed by atoms with Crippen molar-refractivity contribution in [3.8, 4) is 0 Å². The third kappa shape index (κ3) is 4.46. The molecule has 9 heteroatoms. The normalized spacial score (nSPS) is 19.7. The summed E-state index contributed by atoms with van der Waals surface area (Å²) < 4.78 is 24.7. The summed E-state index contributed by atoms with van der Waals surface area (Å²) >= 11 is 3.11. The molecular formula is C14H21N3O3S3. The van der Waals surface area contributed by atoms with Gasteiger partial charge in [-0.2, -0.15) is 4.31 Å². The van der Waals surface area contributed by atoms with Crippen LogP contribution in [0.2, 0.25) is 0 Å². The lowest BCUT2D eigenvalue weighted by Gasteiger charge is -2.23. The Bertz CT molecular complexity index is 681. The van der Waals surface area contributed by atoms with Gasteiger partial charge in [-0.15, -0.1) is 23.1 Å². The highest BCUT2D eigenvalue weighted by Crippen LogP contribution is 2.31. The number of thioether (sulfide) groups is 1. The van der Waals surface area contributed by atoms with Crippen LogP contribution in [0.25, 0.3) is 0 Å². The Labute approximate surface area is 145 Å². The zero-order chi connectivity index (χ0) is 16.4. The Morgan fingerprint density at radius 3 is 2.87 bits per heavy atom. The van der Waals surface area contributed by atoms with Crippen LogP contribution in [0.1, 0.15) is 36.3 Å². The highest BCUT2D eigenvalue weighted by molar-refractivity contribution is 8.00. The number of anilines is 1. The maximum absolute atomic E-state index is 12.0. The summed E-state index contributed by atoms with van der Waals surface area (Å²) in [6.07, 6.45) is 6.80. The molecular weight excluding hydrogens is 354 g/mol. The number of sulfonamides is 1. The molecule has 23 heavy (non-hydrogen) atoms. The minimum absolute atomic E-state index is 0.0204. The Balaban J connectivity index is 1.55. The number of fused-ring (bicyclic) bond motifs is 1. The van der Waals surface area contributed by atoms with Crippen molar-refractivity contribution < 1.29 is 13.2 Å². The number of rotatable bonds is 5. The van der Waals surface area contributed by atoms with E-state index in [1.807, 2.05) is 0 Å². The van der Waals surface area contributed by atoms with E-state index in [4.69, 9.17) is 0 Å². The predicted molar refractivity (Wildman–Crippen MR) is 94.4 cm³/mol. The lowest BCUT2D eigenvalue weighted by molar-refractivity contribution is -0.113. The van der Waals surface area contributed by atoms with E-state index in [0.29, 0.717) is 35.6 Å².